The van der Waals surface area contributed by atoms with Crippen molar-refractivity contribution in [2.75, 3.05) is 12.0 Å². The van der Waals surface area contributed by atoms with Gasteiger partial charge in [0.25, 0.3) is 0 Å². The molecule has 0 fully saturated rings. The Morgan fingerprint density at radius 3 is 2.53 bits per heavy atom. The molecule has 1 aromatic heterocycles. The molecular formula is C30H29F3N6O4. The number of aryl methyl sites for hydroxylation is 2. The van der Waals surface area contributed by atoms with E-state index in [0.29, 0.717) is 36.1 Å². The molecule has 0 saturated heterocycles. The number of primary amides is 1. The van der Waals surface area contributed by atoms with E-state index in [-0.39, 0.29) is 23.6 Å². The van der Waals surface area contributed by atoms with E-state index in [4.69, 9.17) is 15.9 Å². The number of anilines is 1. The average molecular weight is 595 g/mol. The molecule has 43 heavy (non-hydrogen) atoms. The van der Waals surface area contributed by atoms with Gasteiger partial charge in [0.2, 0.25) is 5.96 Å². The second-order valence-electron chi connectivity index (χ2n) is 9.85. The maximum absolute atomic E-state index is 13.5. The number of aromatic nitrogens is 1. The van der Waals surface area contributed by atoms with Crippen LogP contribution in [-0.4, -0.2) is 39.6 Å². The van der Waals surface area contributed by atoms with Gasteiger partial charge in [0.05, 0.1) is 36.5 Å². The number of urea groups is 1. The zero-order chi connectivity index (χ0) is 31.5. The molecule has 0 radical (unpaired) electrons. The lowest BCUT2D eigenvalue weighted by Gasteiger charge is -2.43. The Labute approximate surface area is 245 Å². The molecule has 10 nitrogen and oxygen atoms in total. The van der Waals surface area contributed by atoms with E-state index in [9.17, 15) is 33.1 Å². The molecule has 0 unspecified atom stereocenters. The van der Waals surface area contributed by atoms with Crippen LogP contribution in [0, 0.1) is 16.7 Å². The molecule has 0 saturated carbocycles. The predicted octanol–water partition coefficient (Wildman–Crippen LogP) is 4.83. The first-order chi connectivity index (χ1) is 20.4. The zero-order valence-electron chi connectivity index (χ0n) is 23.4. The van der Waals surface area contributed by atoms with Crippen molar-refractivity contribution >= 4 is 23.6 Å². The van der Waals surface area contributed by atoms with Crippen molar-refractivity contribution in [1.29, 1.82) is 10.7 Å². The Hall–Kier alpha value is -5.09. The second-order valence-corrected chi connectivity index (χ2v) is 9.85. The number of benzene rings is 2. The number of nitrogens with one attached hydrogen (secondary N) is 1. The fourth-order valence-electron chi connectivity index (χ4n) is 5.20. The molecular weight excluding hydrogens is 565 g/mol. The van der Waals surface area contributed by atoms with Crippen LogP contribution >= 0.6 is 0 Å². The van der Waals surface area contributed by atoms with Gasteiger partial charge in [-0.25, -0.2) is 9.59 Å². The van der Waals surface area contributed by atoms with Crippen LogP contribution in [0.4, 0.5) is 23.7 Å². The molecule has 2 aromatic carbocycles. The first-order valence-corrected chi connectivity index (χ1v) is 13.1. The number of rotatable bonds is 8. The van der Waals surface area contributed by atoms with Gasteiger partial charge >= 0.3 is 18.2 Å². The summed E-state index contributed by atoms with van der Waals surface area (Å²) in [7, 11) is 1.13. The molecule has 13 heteroatoms. The summed E-state index contributed by atoms with van der Waals surface area (Å²) in [6.07, 6.45) is -0.110. The summed E-state index contributed by atoms with van der Waals surface area (Å²) >= 11 is 0. The molecule has 224 valence electrons. The minimum atomic E-state index is -4.68. The number of esters is 1. The van der Waals surface area contributed by atoms with Gasteiger partial charge < -0.3 is 20.1 Å². The highest BCUT2D eigenvalue weighted by Crippen LogP contribution is 2.42. The monoisotopic (exact) mass is 594 g/mol. The summed E-state index contributed by atoms with van der Waals surface area (Å²) < 4.78 is 47.5. The number of nitrogens with two attached hydrogens (primary N) is 1. The van der Waals surface area contributed by atoms with Crippen molar-refractivity contribution < 1.29 is 32.6 Å². The number of alkyl halides is 3. The first kappa shape index (κ1) is 30.9. The summed E-state index contributed by atoms with van der Waals surface area (Å²) in [5.41, 5.74) is 6.68. The van der Waals surface area contributed by atoms with Crippen LogP contribution in [0.2, 0.25) is 0 Å². The summed E-state index contributed by atoms with van der Waals surface area (Å²) in [6, 6.07) is 10.3. The largest absolute Gasteiger partial charge is 0.466 e. The van der Waals surface area contributed by atoms with Crippen molar-refractivity contribution in [2.24, 2.45) is 5.73 Å². The third-order valence-corrected chi connectivity index (χ3v) is 7.19. The Kier molecular flexibility index (Phi) is 8.91. The highest BCUT2D eigenvalue weighted by molar-refractivity contribution is 6.10. The minimum absolute atomic E-state index is 0.0675. The van der Waals surface area contributed by atoms with Gasteiger partial charge in [-0.05, 0) is 72.9 Å². The normalized spacial score (nSPS) is 15.5. The summed E-state index contributed by atoms with van der Waals surface area (Å²) in [5.74, 6) is -1.45. The Morgan fingerprint density at radius 1 is 1.19 bits per heavy atom. The van der Waals surface area contributed by atoms with Crippen LogP contribution in [0.3, 0.4) is 0 Å². The van der Waals surface area contributed by atoms with Crippen molar-refractivity contribution in [1.82, 2.24) is 9.47 Å². The number of hydrogen-bond acceptors (Lipinski definition) is 6. The lowest BCUT2D eigenvalue weighted by molar-refractivity contribution is -0.138. The standard InChI is InChI=1S/C30H29F3N6O4/c1-18-25(27(41)43-2)26(39(29(36)42)28(35)38(18)23-7-3-6-22(14-23)30(31,32)33)24-9-8-19(15-34)13-21(24)5-4-11-37-12-10-20(16-37)17-40/h3,6-10,12-14,16,26,35,40H,4-5,11,17H2,1-2H3,(H2,36,42)/t26-/m1/s1. The zero-order valence-corrected chi connectivity index (χ0v) is 23.4. The van der Waals surface area contributed by atoms with E-state index >= 15 is 0 Å². The molecule has 0 aliphatic carbocycles. The SMILES string of the molecule is COC(=O)C1=C(C)N(c2cccc(C(F)(F)F)c2)C(=N)N(C(N)=O)[C@@H]1c1ccc(C#N)cc1CCCn1ccc(CO)c1. The summed E-state index contributed by atoms with van der Waals surface area (Å²) in [6.45, 7) is 1.90. The minimum Gasteiger partial charge on any atom is -0.466 e. The molecule has 3 aromatic rings. The first-order valence-electron chi connectivity index (χ1n) is 13.1. The van der Waals surface area contributed by atoms with Crippen molar-refractivity contribution in [2.45, 2.75) is 45.1 Å². The molecule has 2 amide bonds. The van der Waals surface area contributed by atoms with E-state index in [1.165, 1.54) is 19.1 Å². The van der Waals surface area contributed by atoms with Crippen molar-refractivity contribution in [3.05, 3.63) is 100 Å². The van der Waals surface area contributed by atoms with E-state index in [1.54, 1.807) is 24.4 Å². The fourth-order valence-corrected chi connectivity index (χ4v) is 5.20. The van der Waals surface area contributed by atoms with Gasteiger partial charge in [-0.15, -0.1) is 0 Å². The van der Waals surface area contributed by atoms with Crippen molar-refractivity contribution in [3.8, 4) is 6.07 Å². The van der Waals surface area contributed by atoms with Gasteiger partial charge in [0.15, 0.2) is 0 Å². The smallest absolute Gasteiger partial charge is 0.416 e. The molecule has 1 atom stereocenters. The van der Waals surface area contributed by atoms with Crippen LogP contribution in [-0.2, 0) is 35.3 Å². The predicted molar refractivity (Wildman–Crippen MR) is 150 cm³/mol. The van der Waals surface area contributed by atoms with Crippen LogP contribution < -0.4 is 10.6 Å². The number of hydrogen-bond donors (Lipinski definition) is 3. The maximum Gasteiger partial charge on any atom is 0.416 e. The fraction of sp³-hybridized carbons (Fsp3) is 0.267. The molecule has 2 heterocycles. The van der Waals surface area contributed by atoms with Gasteiger partial charge in [-0.3, -0.25) is 15.2 Å². The number of aliphatic hydroxyl groups excluding tert-OH is 1. The maximum atomic E-state index is 13.5. The Morgan fingerprint density at radius 2 is 1.93 bits per heavy atom. The van der Waals surface area contributed by atoms with Crippen molar-refractivity contribution in [3.63, 3.8) is 0 Å². The lowest BCUT2D eigenvalue weighted by Crippen LogP contribution is -2.55. The molecule has 1 aliphatic heterocycles. The topological polar surface area (TPSA) is 149 Å². The van der Waals surface area contributed by atoms with Gasteiger partial charge in [0.1, 0.15) is 6.04 Å². The third kappa shape index (κ3) is 6.24. The number of ether oxygens (including phenoxy) is 1. The lowest BCUT2D eigenvalue weighted by atomic mass is 9.87. The molecule has 4 N–H and O–H groups in total. The molecule has 1 aliphatic rings. The van der Waals surface area contributed by atoms with Crippen LogP contribution in [0.25, 0.3) is 0 Å². The number of nitrogens with zero attached hydrogens (tertiary/aromatic N) is 4. The molecule has 4 rings (SSSR count). The Balaban J connectivity index is 1.85. The van der Waals surface area contributed by atoms with Gasteiger partial charge in [0, 0.05) is 30.3 Å². The number of carbonyl (C=O) groups is 2. The second kappa shape index (κ2) is 12.4. The summed E-state index contributed by atoms with van der Waals surface area (Å²) in [4.78, 5) is 28.1. The van der Waals surface area contributed by atoms with Crippen LogP contribution in [0.5, 0.6) is 0 Å². The highest BCUT2D eigenvalue weighted by atomic mass is 19.4. The quantitative estimate of drug-likeness (QED) is 0.318. The highest BCUT2D eigenvalue weighted by Gasteiger charge is 2.44. The number of methoxy groups -OCH3 is 1. The summed E-state index contributed by atoms with van der Waals surface area (Å²) in [5, 5.41) is 27.8. The van der Waals surface area contributed by atoms with Crippen LogP contribution in [0.15, 0.2) is 72.2 Å². The van der Waals surface area contributed by atoms with E-state index in [1.807, 2.05) is 10.8 Å². The van der Waals surface area contributed by atoms with E-state index in [0.717, 1.165) is 40.7 Å². The average Bonchev–Trinajstić information content (AvgIpc) is 3.44. The van der Waals surface area contributed by atoms with Gasteiger partial charge in [-0.1, -0.05) is 12.1 Å². The number of amides is 2. The molecule has 0 spiro atoms. The van der Waals surface area contributed by atoms with E-state index < -0.39 is 35.7 Å². The van der Waals surface area contributed by atoms with Gasteiger partial charge in [-0.2, -0.15) is 18.4 Å². The number of carbonyl (C=O) groups excluding carboxylic acids is 2. The number of aliphatic hydroxyl groups is 1. The number of halogens is 3. The van der Waals surface area contributed by atoms with E-state index in [2.05, 4.69) is 6.07 Å². The Bertz CT molecular complexity index is 1640. The molecule has 0 bridgehead atoms. The number of allylic oxidation sites excluding steroid dienone is 1. The van der Waals surface area contributed by atoms with Crippen LogP contribution in [0.1, 0.15) is 47.2 Å². The third-order valence-electron chi connectivity index (χ3n) is 7.19. The number of nitriles is 1. The number of guanidine groups is 1.